The maximum atomic E-state index is 5.53. The van der Waals surface area contributed by atoms with E-state index in [1.807, 2.05) is 7.05 Å². The van der Waals surface area contributed by atoms with Crippen LogP contribution in [0.1, 0.15) is 43.7 Å². The molecule has 0 unspecified atom stereocenters. The molecule has 118 valence electrons. The number of hydrogen-bond acceptors (Lipinski definition) is 3. The number of nitrogens with one attached hydrogen (secondary N) is 1. The Hall–Kier alpha value is -1.06. The van der Waals surface area contributed by atoms with Crippen LogP contribution in [0.2, 0.25) is 0 Å². The van der Waals surface area contributed by atoms with E-state index in [4.69, 9.17) is 4.74 Å². The summed E-state index contributed by atoms with van der Waals surface area (Å²) >= 11 is 0. The third kappa shape index (κ3) is 4.72. The normalized spacial score (nSPS) is 17.1. The Morgan fingerprint density at radius 2 is 2.05 bits per heavy atom. The molecule has 3 heteroatoms. The third-order valence-corrected chi connectivity index (χ3v) is 4.52. The van der Waals surface area contributed by atoms with Crippen LogP contribution >= 0.6 is 0 Å². The Labute approximate surface area is 129 Å². The first-order chi connectivity index (χ1) is 10.3. The molecule has 1 aliphatic rings. The monoisotopic (exact) mass is 290 g/mol. The molecular formula is C18H30N2O. The number of likely N-dealkylation sites (tertiary alicyclic amines) is 1. The minimum absolute atomic E-state index is 0.912. The van der Waals surface area contributed by atoms with E-state index in [0.717, 1.165) is 24.8 Å². The Balaban J connectivity index is 1.97. The molecule has 0 radical (unpaired) electrons. The van der Waals surface area contributed by atoms with Gasteiger partial charge in [0.25, 0.3) is 0 Å². The molecule has 0 aromatic heterocycles. The van der Waals surface area contributed by atoms with E-state index in [1.54, 1.807) is 7.11 Å². The minimum atomic E-state index is 0.912. The highest BCUT2D eigenvalue weighted by atomic mass is 16.5. The molecule has 0 saturated carbocycles. The van der Waals surface area contributed by atoms with Gasteiger partial charge in [0.15, 0.2) is 0 Å². The van der Waals surface area contributed by atoms with Crippen molar-refractivity contribution in [1.82, 2.24) is 10.2 Å². The summed E-state index contributed by atoms with van der Waals surface area (Å²) in [5, 5.41) is 3.22. The second kappa shape index (κ2) is 8.40. The summed E-state index contributed by atoms with van der Waals surface area (Å²) in [6.07, 6.45) is 5.43. The Morgan fingerprint density at radius 1 is 1.29 bits per heavy atom. The fourth-order valence-electron chi connectivity index (χ4n) is 3.35. The quantitative estimate of drug-likeness (QED) is 0.832. The molecule has 3 nitrogen and oxygen atoms in total. The molecule has 0 atom stereocenters. The van der Waals surface area contributed by atoms with Crippen molar-refractivity contribution in [2.24, 2.45) is 5.92 Å². The van der Waals surface area contributed by atoms with Crippen molar-refractivity contribution in [2.45, 2.75) is 45.7 Å². The van der Waals surface area contributed by atoms with Crippen LogP contribution < -0.4 is 10.1 Å². The minimum Gasteiger partial charge on any atom is -0.496 e. The Kier molecular flexibility index (Phi) is 6.52. The van der Waals surface area contributed by atoms with Gasteiger partial charge in [0.1, 0.15) is 5.75 Å². The Morgan fingerprint density at radius 3 is 2.67 bits per heavy atom. The highest BCUT2D eigenvalue weighted by Crippen LogP contribution is 2.26. The van der Waals surface area contributed by atoms with E-state index >= 15 is 0 Å². The van der Waals surface area contributed by atoms with Crippen molar-refractivity contribution in [3.8, 4) is 5.75 Å². The number of rotatable bonds is 7. The van der Waals surface area contributed by atoms with E-state index in [0.29, 0.717) is 0 Å². The standard InChI is InChI=1S/C18H30N2O/c1-4-5-15-8-10-20(11-9-15)14-17-12-16(13-19-2)6-7-18(17)21-3/h6-7,12,15,19H,4-5,8-11,13-14H2,1-3H3. The molecule has 1 saturated heterocycles. The van der Waals surface area contributed by atoms with E-state index in [-0.39, 0.29) is 0 Å². The molecule has 1 aromatic rings. The van der Waals surface area contributed by atoms with Crippen LogP contribution in [0.3, 0.4) is 0 Å². The summed E-state index contributed by atoms with van der Waals surface area (Å²) in [4.78, 5) is 2.58. The van der Waals surface area contributed by atoms with Gasteiger partial charge in [-0.3, -0.25) is 4.90 Å². The van der Waals surface area contributed by atoms with Gasteiger partial charge in [0, 0.05) is 18.7 Å². The van der Waals surface area contributed by atoms with Gasteiger partial charge in [-0.1, -0.05) is 25.8 Å². The van der Waals surface area contributed by atoms with E-state index < -0.39 is 0 Å². The number of piperidine rings is 1. The Bertz CT molecular complexity index is 425. The van der Waals surface area contributed by atoms with Crippen LogP contribution in [0.25, 0.3) is 0 Å². The summed E-state index contributed by atoms with van der Waals surface area (Å²) in [5.74, 6) is 1.97. The van der Waals surface area contributed by atoms with Crippen LogP contribution in [0, 0.1) is 5.92 Å². The molecule has 2 rings (SSSR count). The smallest absolute Gasteiger partial charge is 0.123 e. The van der Waals surface area contributed by atoms with Gasteiger partial charge in [0.05, 0.1) is 7.11 Å². The number of methoxy groups -OCH3 is 1. The summed E-state index contributed by atoms with van der Waals surface area (Å²) in [5.41, 5.74) is 2.65. The molecule has 0 amide bonds. The van der Waals surface area contributed by atoms with Gasteiger partial charge >= 0.3 is 0 Å². The number of nitrogens with zero attached hydrogens (tertiary/aromatic N) is 1. The first-order valence-electron chi connectivity index (χ1n) is 8.29. The summed E-state index contributed by atoms with van der Waals surface area (Å²) < 4.78 is 5.53. The van der Waals surface area contributed by atoms with Gasteiger partial charge in [-0.25, -0.2) is 0 Å². The highest BCUT2D eigenvalue weighted by molar-refractivity contribution is 5.37. The van der Waals surface area contributed by atoms with Crippen molar-refractivity contribution in [3.05, 3.63) is 29.3 Å². The lowest BCUT2D eigenvalue weighted by Crippen LogP contribution is -2.33. The van der Waals surface area contributed by atoms with E-state index in [2.05, 4.69) is 35.3 Å². The molecule has 1 heterocycles. The van der Waals surface area contributed by atoms with Crippen LogP contribution in [0.5, 0.6) is 5.75 Å². The average molecular weight is 290 g/mol. The lowest BCUT2D eigenvalue weighted by atomic mass is 9.92. The molecule has 1 aromatic carbocycles. The third-order valence-electron chi connectivity index (χ3n) is 4.52. The van der Waals surface area contributed by atoms with Gasteiger partial charge in [-0.15, -0.1) is 0 Å². The molecule has 0 spiro atoms. The molecule has 0 bridgehead atoms. The molecule has 1 N–H and O–H groups in total. The predicted molar refractivity (Wildman–Crippen MR) is 88.7 cm³/mol. The maximum absolute atomic E-state index is 5.53. The SMILES string of the molecule is CCCC1CCN(Cc2cc(CNC)ccc2OC)CC1. The van der Waals surface area contributed by atoms with Gasteiger partial charge in [-0.05, 0) is 56.6 Å². The van der Waals surface area contributed by atoms with Crippen LogP contribution in [-0.2, 0) is 13.1 Å². The first-order valence-corrected chi connectivity index (χ1v) is 8.29. The molecule has 21 heavy (non-hydrogen) atoms. The second-order valence-corrected chi connectivity index (χ2v) is 6.18. The number of ether oxygens (including phenoxy) is 1. The molecule has 0 aliphatic carbocycles. The van der Waals surface area contributed by atoms with E-state index in [1.165, 1.54) is 49.9 Å². The first kappa shape index (κ1) is 16.3. The van der Waals surface area contributed by atoms with Gasteiger partial charge < -0.3 is 10.1 Å². The lowest BCUT2D eigenvalue weighted by molar-refractivity contribution is 0.170. The molecule has 1 fully saturated rings. The highest BCUT2D eigenvalue weighted by Gasteiger charge is 2.19. The largest absolute Gasteiger partial charge is 0.496 e. The van der Waals surface area contributed by atoms with Gasteiger partial charge in [-0.2, -0.15) is 0 Å². The fraction of sp³-hybridized carbons (Fsp3) is 0.667. The summed E-state index contributed by atoms with van der Waals surface area (Å²) in [6, 6.07) is 6.53. The van der Waals surface area contributed by atoms with Crippen LogP contribution in [-0.4, -0.2) is 32.1 Å². The molecule has 1 aliphatic heterocycles. The van der Waals surface area contributed by atoms with Crippen molar-refractivity contribution in [1.29, 1.82) is 0 Å². The zero-order valence-electron chi connectivity index (χ0n) is 13.8. The topological polar surface area (TPSA) is 24.5 Å². The molecular weight excluding hydrogens is 260 g/mol. The summed E-state index contributed by atoms with van der Waals surface area (Å²) in [6.45, 7) is 6.67. The average Bonchev–Trinajstić information content (AvgIpc) is 2.50. The fourth-order valence-corrected chi connectivity index (χ4v) is 3.35. The number of hydrogen-bond donors (Lipinski definition) is 1. The number of benzene rings is 1. The second-order valence-electron chi connectivity index (χ2n) is 6.18. The van der Waals surface area contributed by atoms with Gasteiger partial charge in [0.2, 0.25) is 0 Å². The van der Waals surface area contributed by atoms with Crippen molar-refractivity contribution in [2.75, 3.05) is 27.2 Å². The van der Waals surface area contributed by atoms with Crippen molar-refractivity contribution >= 4 is 0 Å². The van der Waals surface area contributed by atoms with Crippen LogP contribution in [0.4, 0.5) is 0 Å². The maximum Gasteiger partial charge on any atom is 0.123 e. The predicted octanol–water partition coefficient (Wildman–Crippen LogP) is 3.43. The lowest BCUT2D eigenvalue weighted by Gasteiger charge is -2.32. The van der Waals surface area contributed by atoms with Crippen molar-refractivity contribution < 1.29 is 4.74 Å². The summed E-state index contributed by atoms with van der Waals surface area (Å²) in [7, 11) is 3.76. The van der Waals surface area contributed by atoms with Crippen LogP contribution in [0.15, 0.2) is 18.2 Å². The van der Waals surface area contributed by atoms with E-state index in [9.17, 15) is 0 Å². The van der Waals surface area contributed by atoms with Crippen molar-refractivity contribution in [3.63, 3.8) is 0 Å². The zero-order chi connectivity index (χ0) is 15.1. The zero-order valence-corrected chi connectivity index (χ0v) is 13.8.